The average molecular weight is 283 g/mol. The zero-order valence-corrected chi connectivity index (χ0v) is 13.0. The number of ether oxygens (including phenoxy) is 2. The molecule has 0 spiro atoms. The van der Waals surface area contributed by atoms with Gasteiger partial charge in [-0.05, 0) is 62.1 Å². The highest BCUT2D eigenvalue weighted by molar-refractivity contribution is 7.98. The van der Waals surface area contributed by atoms with E-state index in [9.17, 15) is 0 Å². The van der Waals surface area contributed by atoms with Gasteiger partial charge in [-0.15, -0.1) is 0 Å². The van der Waals surface area contributed by atoms with Crippen LogP contribution in [0.4, 0.5) is 0 Å². The summed E-state index contributed by atoms with van der Waals surface area (Å²) in [5.41, 5.74) is 1.27. The van der Waals surface area contributed by atoms with Crippen LogP contribution in [0.25, 0.3) is 0 Å². The molecule has 1 aromatic carbocycles. The zero-order chi connectivity index (χ0) is 13.9. The molecule has 0 fully saturated rings. The van der Waals surface area contributed by atoms with E-state index in [2.05, 4.69) is 17.6 Å². The normalized spacial score (nSPS) is 10.5. The number of rotatable bonds is 10. The van der Waals surface area contributed by atoms with Crippen molar-refractivity contribution in [3.8, 4) is 11.5 Å². The van der Waals surface area contributed by atoms with E-state index in [1.807, 2.05) is 23.9 Å². The Kier molecular flexibility index (Phi) is 8.50. The number of methoxy groups -OCH3 is 2. The molecule has 1 rings (SSSR count). The molecule has 0 aliphatic rings. The third-order valence-electron chi connectivity index (χ3n) is 2.99. The molecule has 0 aliphatic heterocycles. The maximum atomic E-state index is 5.30. The largest absolute Gasteiger partial charge is 0.493 e. The highest BCUT2D eigenvalue weighted by Gasteiger charge is 2.03. The average Bonchev–Trinajstić information content (AvgIpc) is 2.46. The van der Waals surface area contributed by atoms with Gasteiger partial charge in [0.25, 0.3) is 0 Å². The molecule has 0 amide bonds. The van der Waals surface area contributed by atoms with Gasteiger partial charge in [-0.25, -0.2) is 0 Å². The predicted molar refractivity (Wildman–Crippen MR) is 83.7 cm³/mol. The third-order valence-corrected chi connectivity index (χ3v) is 3.69. The lowest BCUT2D eigenvalue weighted by Crippen LogP contribution is -2.18. The number of hydrogen-bond donors (Lipinski definition) is 1. The summed E-state index contributed by atoms with van der Waals surface area (Å²) < 4.78 is 10.5. The lowest BCUT2D eigenvalue weighted by Gasteiger charge is -2.10. The van der Waals surface area contributed by atoms with Crippen LogP contribution in [0.5, 0.6) is 11.5 Å². The number of hydrogen-bond acceptors (Lipinski definition) is 4. The highest BCUT2D eigenvalue weighted by atomic mass is 32.2. The number of unbranched alkanes of at least 4 members (excludes halogenated alkanes) is 1. The minimum Gasteiger partial charge on any atom is -0.493 e. The number of nitrogens with one attached hydrogen (secondary N) is 1. The summed E-state index contributed by atoms with van der Waals surface area (Å²) >= 11 is 1.92. The van der Waals surface area contributed by atoms with Crippen molar-refractivity contribution in [1.29, 1.82) is 0 Å². The van der Waals surface area contributed by atoms with Crippen molar-refractivity contribution in [2.45, 2.75) is 19.3 Å². The molecule has 19 heavy (non-hydrogen) atoms. The lowest BCUT2D eigenvalue weighted by atomic mass is 10.1. The first-order valence-electron chi connectivity index (χ1n) is 6.72. The van der Waals surface area contributed by atoms with Gasteiger partial charge >= 0.3 is 0 Å². The zero-order valence-electron chi connectivity index (χ0n) is 12.2. The Bertz CT molecular complexity index is 358. The van der Waals surface area contributed by atoms with E-state index in [0.717, 1.165) is 31.0 Å². The van der Waals surface area contributed by atoms with Gasteiger partial charge < -0.3 is 14.8 Å². The number of benzene rings is 1. The van der Waals surface area contributed by atoms with Crippen molar-refractivity contribution in [1.82, 2.24) is 5.32 Å². The number of thioether (sulfide) groups is 1. The van der Waals surface area contributed by atoms with Gasteiger partial charge in [0.2, 0.25) is 0 Å². The van der Waals surface area contributed by atoms with Crippen molar-refractivity contribution in [3.63, 3.8) is 0 Å². The highest BCUT2D eigenvalue weighted by Crippen LogP contribution is 2.27. The Labute approximate surface area is 121 Å². The van der Waals surface area contributed by atoms with Crippen LogP contribution in [0.2, 0.25) is 0 Å². The van der Waals surface area contributed by atoms with Gasteiger partial charge in [-0.1, -0.05) is 6.07 Å². The van der Waals surface area contributed by atoms with Gasteiger partial charge in [0.05, 0.1) is 14.2 Å². The summed E-state index contributed by atoms with van der Waals surface area (Å²) in [6.07, 6.45) is 5.73. The van der Waals surface area contributed by atoms with Crippen LogP contribution in [-0.4, -0.2) is 39.3 Å². The molecule has 0 atom stereocenters. The van der Waals surface area contributed by atoms with Crippen LogP contribution < -0.4 is 14.8 Å². The maximum absolute atomic E-state index is 5.30. The molecule has 0 bridgehead atoms. The first-order chi connectivity index (χ1) is 9.31. The van der Waals surface area contributed by atoms with E-state index >= 15 is 0 Å². The summed E-state index contributed by atoms with van der Waals surface area (Å²) in [4.78, 5) is 0. The molecular weight excluding hydrogens is 258 g/mol. The lowest BCUT2D eigenvalue weighted by molar-refractivity contribution is 0.354. The smallest absolute Gasteiger partial charge is 0.160 e. The summed E-state index contributed by atoms with van der Waals surface area (Å²) in [5, 5.41) is 3.48. The topological polar surface area (TPSA) is 30.5 Å². The fraction of sp³-hybridized carbons (Fsp3) is 0.600. The first kappa shape index (κ1) is 16.2. The molecule has 1 N–H and O–H groups in total. The van der Waals surface area contributed by atoms with Gasteiger partial charge in [-0.3, -0.25) is 0 Å². The second-order valence-corrected chi connectivity index (χ2v) is 5.37. The molecule has 0 aromatic heterocycles. The van der Waals surface area contributed by atoms with Crippen LogP contribution >= 0.6 is 11.8 Å². The second-order valence-electron chi connectivity index (χ2n) is 4.39. The minimum atomic E-state index is 0.788. The van der Waals surface area contributed by atoms with Gasteiger partial charge in [0, 0.05) is 0 Å². The van der Waals surface area contributed by atoms with Crippen LogP contribution in [0.1, 0.15) is 18.4 Å². The van der Waals surface area contributed by atoms with E-state index in [-0.39, 0.29) is 0 Å². The molecule has 108 valence electrons. The second kappa shape index (κ2) is 9.98. The SMILES string of the molecule is COc1ccc(CCNCCCCSC)cc1OC. The van der Waals surface area contributed by atoms with Crippen molar-refractivity contribution >= 4 is 11.8 Å². The molecule has 0 aliphatic carbocycles. The Hall–Kier alpha value is -0.870. The fourth-order valence-electron chi connectivity index (χ4n) is 1.89. The van der Waals surface area contributed by atoms with Gasteiger partial charge in [0.15, 0.2) is 11.5 Å². The summed E-state index contributed by atoms with van der Waals surface area (Å²) in [5.74, 6) is 2.86. The van der Waals surface area contributed by atoms with Gasteiger partial charge in [0.1, 0.15) is 0 Å². The fourth-order valence-corrected chi connectivity index (χ4v) is 2.38. The Balaban J connectivity index is 2.26. The Morgan fingerprint density at radius 2 is 1.84 bits per heavy atom. The molecule has 0 saturated heterocycles. The predicted octanol–water partition coefficient (Wildman–Crippen LogP) is 2.98. The van der Waals surface area contributed by atoms with Crippen LogP contribution in [-0.2, 0) is 6.42 Å². The molecule has 1 aromatic rings. The van der Waals surface area contributed by atoms with E-state index in [0.29, 0.717) is 0 Å². The van der Waals surface area contributed by atoms with Crippen molar-refractivity contribution in [2.24, 2.45) is 0 Å². The van der Waals surface area contributed by atoms with E-state index in [1.165, 1.54) is 24.2 Å². The first-order valence-corrected chi connectivity index (χ1v) is 8.11. The van der Waals surface area contributed by atoms with Crippen molar-refractivity contribution in [3.05, 3.63) is 23.8 Å². The van der Waals surface area contributed by atoms with Crippen molar-refractivity contribution < 1.29 is 9.47 Å². The minimum absolute atomic E-state index is 0.788. The quantitative estimate of drug-likeness (QED) is 0.669. The molecule has 0 unspecified atom stereocenters. The maximum Gasteiger partial charge on any atom is 0.160 e. The van der Waals surface area contributed by atoms with E-state index in [4.69, 9.17) is 9.47 Å². The molecular formula is C15H25NO2S. The summed E-state index contributed by atoms with van der Waals surface area (Å²) in [7, 11) is 3.33. The van der Waals surface area contributed by atoms with E-state index < -0.39 is 0 Å². The van der Waals surface area contributed by atoms with Crippen molar-refractivity contribution in [2.75, 3.05) is 39.3 Å². The summed E-state index contributed by atoms with van der Waals surface area (Å²) in [6.45, 7) is 2.11. The standard InChI is InChI=1S/C15H25NO2S/c1-17-14-7-6-13(12-15(14)18-2)8-10-16-9-4-5-11-19-3/h6-7,12,16H,4-5,8-11H2,1-3H3. The molecule has 0 saturated carbocycles. The molecule has 0 heterocycles. The molecule has 0 radical (unpaired) electrons. The van der Waals surface area contributed by atoms with Gasteiger partial charge in [-0.2, -0.15) is 11.8 Å². The van der Waals surface area contributed by atoms with E-state index in [1.54, 1.807) is 14.2 Å². The van der Waals surface area contributed by atoms with Crippen LogP contribution in [0, 0.1) is 0 Å². The molecule has 4 heteroatoms. The Morgan fingerprint density at radius 3 is 2.53 bits per heavy atom. The third kappa shape index (κ3) is 6.21. The monoisotopic (exact) mass is 283 g/mol. The van der Waals surface area contributed by atoms with Crippen LogP contribution in [0.3, 0.4) is 0 Å². The Morgan fingerprint density at radius 1 is 1.05 bits per heavy atom. The molecule has 3 nitrogen and oxygen atoms in total. The van der Waals surface area contributed by atoms with Crippen LogP contribution in [0.15, 0.2) is 18.2 Å². The summed E-state index contributed by atoms with van der Waals surface area (Å²) in [6, 6.07) is 6.11.